The van der Waals surface area contributed by atoms with Crippen LogP contribution in [0.25, 0.3) is 0 Å². The first-order valence-electron chi connectivity index (χ1n) is 3.63. The van der Waals surface area contributed by atoms with Gasteiger partial charge in [0.1, 0.15) is 5.60 Å². The van der Waals surface area contributed by atoms with Gasteiger partial charge in [0.2, 0.25) is 0 Å². The molecule has 3 nitrogen and oxygen atoms in total. The molecule has 0 saturated heterocycles. The first kappa shape index (κ1) is 8.27. The highest BCUT2D eigenvalue weighted by Gasteiger charge is 2.21. The Labute approximate surface area is 66.7 Å². The number of aliphatic hydroxyl groups is 1. The topological polar surface area (TPSA) is 38.1 Å². The largest absolute Gasteiger partial charge is 0.384 e. The Balaban J connectivity index is 3.15. The Hall–Kier alpha value is -0.830. The zero-order valence-corrected chi connectivity index (χ0v) is 7.42. The van der Waals surface area contributed by atoms with E-state index in [0.717, 1.165) is 11.4 Å². The van der Waals surface area contributed by atoms with Crippen molar-refractivity contribution in [2.75, 3.05) is 0 Å². The lowest BCUT2D eigenvalue weighted by molar-refractivity contribution is 0.0734. The summed E-state index contributed by atoms with van der Waals surface area (Å²) in [4.78, 5) is 4.10. The highest BCUT2D eigenvalue weighted by Crippen LogP contribution is 2.20. The molecule has 0 fully saturated rings. The summed E-state index contributed by atoms with van der Waals surface area (Å²) in [5.41, 5.74) is 0.934. The number of rotatable bonds is 1. The second-order valence-electron chi connectivity index (χ2n) is 3.35. The number of hydrogen-bond donors (Lipinski definition) is 1. The standard InChI is InChI=1S/C8H14N2O/c1-6-7(8(2,3)11)9-5-10(6)4/h5,11H,1-4H3. The Morgan fingerprint density at radius 3 is 2.27 bits per heavy atom. The SMILES string of the molecule is Cc1c(C(C)(C)O)ncn1C. The molecule has 0 aliphatic rings. The third kappa shape index (κ3) is 1.43. The van der Waals surface area contributed by atoms with Gasteiger partial charge in [-0.2, -0.15) is 0 Å². The van der Waals surface area contributed by atoms with Crippen LogP contribution >= 0.6 is 0 Å². The molecule has 0 aliphatic carbocycles. The second-order valence-corrected chi connectivity index (χ2v) is 3.35. The van der Waals surface area contributed by atoms with E-state index < -0.39 is 5.60 Å². The van der Waals surface area contributed by atoms with Crippen molar-refractivity contribution < 1.29 is 5.11 Å². The maximum absolute atomic E-state index is 9.61. The van der Waals surface area contributed by atoms with E-state index in [-0.39, 0.29) is 0 Å². The Kier molecular flexibility index (Phi) is 1.76. The van der Waals surface area contributed by atoms with Gasteiger partial charge in [0, 0.05) is 12.7 Å². The van der Waals surface area contributed by atoms with Crippen LogP contribution in [0.3, 0.4) is 0 Å². The minimum absolute atomic E-state index is 0.750. The van der Waals surface area contributed by atoms with E-state index in [0.29, 0.717) is 0 Å². The molecule has 0 atom stereocenters. The fourth-order valence-corrected chi connectivity index (χ4v) is 1.09. The zero-order chi connectivity index (χ0) is 8.65. The molecule has 1 rings (SSSR count). The Morgan fingerprint density at radius 1 is 1.55 bits per heavy atom. The van der Waals surface area contributed by atoms with Gasteiger partial charge in [0.05, 0.1) is 12.0 Å². The van der Waals surface area contributed by atoms with Crippen LogP contribution in [0.1, 0.15) is 25.2 Å². The third-order valence-electron chi connectivity index (χ3n) is 1.81. The van der Waals surface area contributed by atoms with Gasteiger partial charge in [0.25, 0.3) is 0 Å². The summed E-state index contributed by atoms with van der Waals surface area (Å²) in [7, 11) is 1.91. The van der Waals surface area contributed by atoms with Gasteiger partial charge >= 0.3 is 0 Å². The Morgan fingerprint density at radius 2 is 2.09 bits per heavy atom. The van der Waals surface area contributed by atoms with Gasteiger partial charge in [-0.1, -0.05) is 0 Å². The van der Waals surface area contributed by atoms with E-state index in [9.17, 15) is 5.11 Å². The van der Waals surface area contributed by atoms with Gasteiger partial charge in [-0.3, -0.25) is 0 Å². The lowest BCUT2D eigenvalue weighted by Gasteiger charge is -2.15. The first-order chi connectivity index (χ1) is 4.93. The van der Waals surface area contributed by atoms with Gasteiger partial charge in [-0.05, 0) is 20.8 Å². The number of aryl methyl sites for hydroxylation is 1. The van der Waals surface area contributed by atoms with Crippen molar-refractivity contribution in [2.45, 2.75) is 26.4 Å². The molecule has 1 N–H and O–H groups in total. The predicted molar refractivity (Wildman–Crippen MR) is 43.2 cm³/mol. The van der Waals surface area contributed by atoms with Crippen LogP contribution in [0.15, 0.2) is 6.33 Å². The molecule has 1 aromatic heterocycles. The second kappa shape index (κ2) is 2.34. The van der Waals surface area contributed by atoms with Crippen LogP contribution in [0.2, 0.25) is 0 Å². The fraction of sp³-hybridized carbons (Fsp3) is 0.625. The van der Waals surface area contributed by atoms with Crippen molar-refractivity contribution in [1.82, 2.24) is 9.55 Å². The highest BCUT2D eigenvalue weighted by molar-refractivity contribution is 5.16. The molecular weight excluding hydrogens is 140 g/mol. The summed E-state index contributed by atoms with van der Waals surface area (Å²) in [6, 6.07) is 0. The minimum Gasteiger partial charge on any atom is -0.384 e. The van der Waals surface area contributed by atoms with Crippen molar-refractivity contribution in [2.24, 2.45) is 7.05 Å². The van der Waals surface area contributed by atoms with Crippen LogP contribution in [0.5, 0.6) is 0 Å². The molecule has 0 amide bonds. The summed E-state index contributed by atoms with van der Waals surface area (Å²) in [6.07, 6.45) is 1.71. The highest BCUT2D eigenvalue weighted by atomic mass is 16.3. The van der Waals surface area contributed by atoms with Crippen LogP contribution in [0.4, 0.5) is 0 Å². The number of nitrogens with zero attached hydrogens (tertiary/aromatic N) is 2. The molecule has 1 heterocycles. The van der Waals surface area contributed by atoms with E-state index >= 15 is 0 Å². The first-order valence-corrected chi connectivity index (χ1v) is 3.63. The molecule has 0 radical (unpaired) electrons. The van der Waals surface area contributed by atoms with Crippen molar-refractivity contribution in [3.63, 3.8) is 0 Å². The molecule has 0 saturated carbocycles. The summed E-state index contributed by atoms with van der Waals surface area (Å²) >= 11 is 0. The minimum atomic E-state index is -0.828. The summed E-state index contributed by atoms with van der Waals surface area (Å²) in [5, 5.41) is 9.61. The summed E-state index contributed by atoms with van der Waals surface area (Å²) in [6.45, 7) is 5.42. The van der Waals surface area contributed by atoms with E-state index in [1.165, 1.54) is 0 Å². The number of hydrogen-bond acceptors (Lipinski definition) is 2. The average molecular weight is 154 g/mol. The van der Waals surface area contributed by atoms with Crippen molar-refractivity contribution in [1.29, 1.82) is 0 Å². The molecule has 3 heteroatoms. The molecule has 0 spiro atoms. The van der Waals surface area contributed by atoms with Crippen molar-refractivity contribution >= 4 is 0 Å². The lowest BCUT2D eigenvalue weighted by atomic mass is 10.0. The summed E-state index contributed by atoms with van der Waals surface area (Å²) in [5.74, 6) is 0. The normalized spacial score (nSPS) is 12.1. The molecule has 0 aliphatic heterocycles. The quantitative estimate of drug-likeness (QED) is 0.654. The summed E-state index contributed by atoms with van der Waals surface area (Å²) < 4.78 is 1.90. The van der Waals surface area contributed by atoms with Gasteiger partial charge in [-0.15, -0.1) is 0 Å². The molecule has 1 aromatic rings. The number of imidazole rings is 1. The molecule has 0 aromatic carbocycles. The fourth-order valence-electron chi connectivity index (χ4n) is 1.09. The molecule has 11 heavy (non-hydrogen) atoms. The van der Waals surface area contributed by atoms with E-state index in [4.69, 9.17) is 0 Å². The van der Waals surface area contributed by atoms with Crippen molar-refractivity contribution in [3.8, 4) is 0 Å². The van der Waals surface area contributed by atoms with Gasteiger partial charge in [-0.25, -0.2) is 4.98 Å². The molecule has 62 valence electrons. The van der Waals surface area contributed by atoms with E-state index in [1.807, 2.05) is 18.5 Å². The molecule has 0 bridgehead atoms. The van der Waals surface area contributed by atoms with Crippen LogP contribution in [-0.4, -0.2) is 14.7 Å². The Bertz CT molecular complexity index is 258. The molecular formula is C8H14N2O. The van der Waals surface area contributed by atoms with E-state index in [2.05, 4.69) is 4.98 Å². The smallest absolute Gasteiger partial charge is 0.103 e. The van der Waals surface area contributed by atoms with Crippen LogP contribution in [-0.2, 0) is 12.6 Å². The molecule has 0 unspecified atom stereocenters. The maximum Gasteiger partial charge on any atom is 0.103 e. The zero-order valence-electron chi connectivity index (χ0n) is 7.42. The van der Waals surface area contributed by atoms with Crippen LogP contribution in [0, 0.1) is 6.92 Å². The monoisotopic (exact) mass is 154 g/mol. The van der Waals surface area contributed by atoms with Crippen molar-refractivity contribution in [3.05, 3.63) is 17.7 Å². The number of aromatic nitrogens is 2. The average Bonchev–Trinajstić information content (AvgIpc) is 2.11. The maximum atomic E-state index is 9.61. The lowest BCUT2D eigenvalue weighted by Crippen LogP contribution is -2.17. The van der Waals surface area contributed by atoms with Gasteiger partial charge in [0.15, 0.2) is 0 Å². The third-order valence-corrected chi connectivity index (χ3v) is 1.81. The predicted octanol–water partition coefficient (Wildman–Crippen LogP) is 0.956. The van der Waals surface area contributed by atoms with E-state index in [1.54, 1.807) is 20.2 Å². The van der Waals surface area contributed by atoms with Crippen LogP contribution < -0.4 is 0 Å². The van der Waals surface area contributed by atoms with Gasteiger partial charge < -0.3 is 9.67 Å².